The summed E-state index contributed by atoms with van der Waals surface area (Å²) in [6.07, 6.45) is 1.30. The highest BCUT2D eigenvalue weighted by Gasteiger charge is 2.19. The molecule has 2 N–H and O–H groups in total. The van der Waals surface area contributed by atoms with Crippen molar-refractivity contribution in [1.82, 2.24) is 0 Å². The van der Waals surface area contributed by atoms with Crippen molar-refractivity contribution in [1.29, 1.82) is 0 Å². The number of hydrogen-bond acceptors (Lipinski definition) is 4. The highest BCUT2D eigenvalue weighted by molar-refractivity contribution is 5.71. The molecule has 0 aromatic heterocycles. The number of benzene rings is 1. The lowest BCUT2D eigenvalue weighted by molar-refractivity contribution is -0.384. The van der Waals surface area contributed by atoms with Crippen LogP contribution < -0.4 is 5.32 Å². The van der Waals surface area contributed by atoms with Gasteiger partial charge in [0.1, 0.15) is 5.69 Å². The van der Waals surface area contributed by atoms with E-state index in [0.717, 1.165) is 12.0 Å². The number of carboxylic acid groups (broad SMARTS) is 1. The van der Waals surface area contributed by atoms with E-state index in [2.05, 4.69) is 5.32 Å². The molecular weight excluding hydrogens is 248 g/mol. The summed E-state index contributed by atoms with van der Waals surface area (Å²) in [4.78, 5) is 21.5. The Morgan fingerprint density at radius 2 is 2.21 bits per heavy atom. The SMILES string of the molecule is CCCC(CNc1ccc(C)cc1[N+](=O)[O-])C(=O)O. The quantitative estimate of drug-likeness (QED) is 0.584. The predicted octanol–water partition coefficient (Wildman–Crippen LogP) is 2.82. The zero-order valence-corrected chi connectivity index (χ0v) is 11.0. The molecule has 0 saturated carbocycles. The van der Waals surface area contributed by atoms with Crippen LogP contribution in [0.1, 0.15) is 25.3 Å². The molecule has 0 aliphatic carbocycles. The van der Waals surface area contributed by atoms with Crippen LogP contribution in [-0.4, -0.2) is 22.5 Å². The van der Waals surface area contributed by atoms with Crippen LogP contribution in [0.2, 0.25) is 0 Å². The molecule has 0 amide bonds. The number of nitro benzene ring substituents is 1. The van der Waals surface area contributed by atoms with E-state index in [0.29, 0.717) is 12.1 Å². The van der Waals surface area contributed by atoms with Crippen LogP contribution in [0.3, 0.4) is 0 Å². The minimum absolute atomic E-state index is 0.0272. The maximum absolute atomic E-state index is 11.0. The summed E-state index contributed by atoms with van der Waals surface area (Å²) in [6, 6.07) is 4.83. The first-order valence-corrected chi connectivity index (χ1v) is 6.17. The van der Waals surface area contributed by atoms with Gasteiger partial charge in [0.2, 0.25) is 0 Å². The monoisotopic (exact) mass is 266 g/mol. The Morgan fingerprint density at radius 3 is 2.74 bits per heavy atom. The van der Waals surface area contributed by atoms with Gasteiger partial charge in [-0.1, -0.05) is 19.4 Å². The van der Waals surface area contributed by atoms with Gasteiger partial charge in [-0.15, -0.1) is 0 Å². The van der Waals surface area contributed by atoms with Crippen molar-refractivity contribution in [3.05, 3.63) is 33.9 Å². The van der Waals surface area contributed by atoms with E-state index in [1.165, 1.54) is 6.07 Å². The molecule has 1 rings (SSSR count). The zero-order chi connectivity index (χ0) is 14.4. The summed E-state index contributed by atoms with van der Waals surface area (Å²) < 4.78 is 0. The Balaban J connectivity index is 2.82. The van der Waals surface area contributed by atoms with Crippen molar-refractivity contribution < 1.29 is 14.8 Å². The second kappa shape index (κ2) is 6.72. The number of nitro groups is 1. The maximum atomic E-state index is 11.0. The molecule has 104 valence electrons. The lowest BCUT2D eigenvalue weighted by Gasteiger charge is -2.13. The van der Waals surface area contributed by atoms with Crippen LogP contribution >= 0.6 is 0 Å². The molecule has 1 unspecified atom stereocenters. The average Bonchev–Trinajstić information content (AvgIpc) is 2.35. The van der Waals surface area contributed by atoms with E-state index in [-0.39, 0.29) is 12.2 Å². The number of nitrogens with one attached hydrogen (secondary N) is 1. The van der Waals surface area contributed by atoms with Gasteiger partial charge in [-0.2, -0.15) is 0 Å². The lowest BCUT2D eigenvalue weighted by Crippen LogP contribution is -2.23. The summed E-state index contributed by atoms with van der Waals surface area (Å²) in [5, 5.41) is 22.8. The fraction of sp³-hybridized carbons (Fsp3) is 0.462. The molecule has 0 bridgehead atoms. The van der Waals surface area contributed by atoms with Gasteiger partial charge in [0.15, 0.2) is 0 Å². The van der Waals surface area contributed by atoms with E-state index in [1.807, 2.05) is 6.92 Å². The topological polar surface area (TPSA) is 92.5 Å². The van der Waals surface area contributed by atoms with E-state index in [4.69, 9.17) is 5.11 Å². The Bertz CT molecular complexity index is 474. The maximum Gasteiger partial charge on any atom is 0.308 e. The fourth-order valence-electron chi connectivity index (χ4n) is 1.84. The number of hydrogen-bond donors (Lipinski definition) is 2. The van der Waals surface area contributed by atoms with Gasteiger partial charge < -0.3 is 10.4 Å². The van der Waals surface area contributed by atoms with E-state index >= 15 is 0 Å². The average molecular weight is 266 g/mol. The van der Waals surface area contributed by atoms with Crippen molar-refractivity contribution in [3.8, 4) is 0 Å². The van der Waals surface area contributed by atoms with Gasteiger partial charge in [-0.05, 0) is 25.0 Å². The normalized spacial score (nSPS) is 11.9. The molecule has 0 radical (unpaired) electrons. The molecule has 0 spiro atoms. The van der Waals surface area contributed by atoms with Crippen molar-refractivity contribution in [2.24, 2.45) is 5.92 Å². The summed E-state index contributed by atoms with van der Waals surface area (Å²) in [6.45, 7) is 3.87. The van der Waals surface area contributed by atoms with Gasteiger partial charge in [0.05, 0.1) is 10.8 Å². The smallest absolute Gasteiger partial charge is 0.308 e. The van der Waals surface area contributed by atoms with Crippen LogP contribution in [-0.2, 0) is 4.79 Å². The standard InChI is InChI=1S/C13H18N2O4/c1-3-4-10(13(16)17)8-14-11-6-5-9(2)7-12(11)15(18)19/h5-7,10,14H,3-4,8H2,1-2H3,(H,16,17). The lowest BCUT2D eigenvalue weighted by atomic mass is 10.0. The Morgan fingerprint density at radius 1 is 1.53 bits per heavy atom. The van der Waals surface area contributed by atoms with Gasteiger partial charge in [0, 0.05) is 12.6 Å². The molecule has 1 aromatic carbocycles. The largest absolute Gasteiger partial charge is 0.481 e. The zero-order valence-electron chi connectivity index (χ0n) is 11.0. The molecular formula is C13H18N2O4. The molecule has 1 atom stereocenters. The van der Waals surface area contributed by atoms with Gasteiger partial charge in [-0.3, -0.25) is 14.9 Å². The van der Waals surface area contributed by atoms with Crippen LogP contribution in [0.25, 0.3) is 0 Å². The Hall–Kier alpha value is -2.11. The van der Waals surface area contributed by atoms with Crippen molar-refractivity contribution in [2.45, 2.75) is 26.7 Å². The Labute approximate surface area is 111 Å². The molecule has 1 aromatic rings. The molecule has 0 fully saturated rings. The van der Waals surface area contributed by atoms with Gasteiger partial charge >= 0.3 is 5.97 Å². The number of anilines is 1. The molecule has 6 nitrogen and oxygen atoms in total. The molecule has 19 heavy (non-hydrogen) atoms. The number of aryl methyl sites for hydroxylation is 1. The highest BCUT2D eigenvalue weighted by Crippen LogP contribution is 2.25. The number of carboxylic acids is 1. The number of nitrogens with zero attached hydrogens (tertiary/aromatic N) is 1. The van der Waals surface area contributed by atoms with E-state index < -0.39 is 16.8 Å². The molecule has 6 heteroatoms. The molecule has 0 heterocycles. The van der Waals surface area contributed by atoms with E-state index in [9.17, 15) is 14.9 Å². The second-order valence-corrected chi connectivity index (χ2v) is 4.48. The molecule has 0 saturated heterocycles. The number of aliphatic carboxylic acids is 1. The van der Waals surface area contributed by atoms with Crippen LogP contribution in [0.5, 0.6) is 0 Å². The minimum Gasteiger partial charge on any atom is -0.481 e. The van der Waals surface area contributed by atoms with Gasteiger partial charge in [0.25, 0.3) is 5.69 Å². The van der Waals surface area contributed by atoms with Crippen LogP contribution in [0, 0.1) is 23.0 Å². The number of carbonyl (C=O) groups is 1. The van der Waals surface area contributed by atoms with Crippen LogP contribution in [0.15, 0.2) is 18.2 Å². The number of rotatable bonds is 7. The minimum atomic E-state index is -0.885. The molecule has 0 aliphatic heterocycles. The summed E-state index contributed by atoms with van der Waals surface area (Å²) >= 11 is 0. The first-order valence-electron chi connectivity index (χ1n) is 6.17. The fourth-order valence-corrected chi connectivity index (χ4v) is 1.84. The van der Waals surface area contributed by atoms with Crippen LogP contribution in [0.4, 0.5) is 11.4 Å². The third-order valence-corrected chi connectivity index (χ3v) is 2.88. The predicted molar refractivity (Wildman–Crippen MR) is 72.4 cm³/mol. The van der Waals surface area contributed by atoms with Crippen molar-refractivity contribution >= 4 is 17.3 Å². The summed E-state index contributed by atoms with van der Waals surface area (Å²) in [5.74, 6) is -1.42. The second-order valence-electron chi connectivity index (χ2n) is 4.48. The Kier molecular flexibility index (Phi) is 5.29. The third kappa shape index (κ3) is 4.24. The van der Waals surface area contributed by atoms with Crippen molar-refractivity contribution in [2.75, 3.05) is 11.9 Å². The first-order chi connectivity index (χ1) is 8.95. The summed E-state index contributed by atoms with van der Waals surface area (Å²) in [5.41, 5.74) is 1.12. The third-order valence-electron chi connectivity index (χ3n) is 2.88. The molecule has 0 aliphatic rings. The van der Waals surface area contributed by atoms with Crippen molar-refractivity contribution in [3.63, 3.8) is 0 Å². The highest BCUT2D eigenvalue weighted by atomic mass is 16.6. The van der Waals surface area contributed by atoms with E-state index in [1.54, 1.807) is 19.1 Å². The van der Waals surface area contributed by atoms with Gasteiger partial charge in [-0.25, -0.2) is 0 Å². The summed E-state index contributed by atoms with van der Waals surface area (Å²) in [7, 11) is 0. The first kappa shape index (κ1) is 14.9.